The molecule has 2 saturated heterocycles. The van der Waals surface area contributed by atoms with E-state index in [0.717, 1.165) is 49.7 Å². The van der Waals surface area contributed by atoms with E-state index in [9.17, 15) is 4.79 Å². The van der Waals surface area contributed by atoms with E-state index in [0.29, 0.717) is 12.3 Å². The number of benzene rings is 1. The average molecular weight is 308 g/mol. The molecule has 4 nitrogen and oxygen atoms in total. The molecule has 1 aromatic carbocycles. The van der Waals surface area contributed by atoms with Crippen molar-refractivity contribution in [3.63, 3.8) is 0 Å². The summed E-state index contributed by atoms with van der Waals surface area (Å²) in [5, 5.41) is 7.44. The predicted molar refractivity (Wildman–Crippen MR) is 84.4 cm³/mol. The second-order valence-electron chi connectivity index (χ2n) is 5.93. The molecule has 114 valence electrons. The van der Waals surface area contributed by atoms with Crippen molar-refractivity contribution in [2.24, 2.45) is 5.92 Å². The molecule has 2 aliphatic rings. The van der Waals surface area contributed by atoms with Crippen LogP contribution in [0.15, 0.2) is 24.3 Å². The Balaban J connectivity index is 1.72. The van der Waals surface area contributed by atoms with Crippen LogP contribution in [-0.2, 0) is 4.79 Å². The molecule has 3 rings (SSSR count). The smallest absolute Gasteiger partial charge is 0.223 e. The molecule has 2 atom stereocenters. The zero-order chi connectivity index (χ0) is 14.7. The zero-order valence-corrected chi connectivity index (χ0v) is 12.9. The molecule has 0 bridgehead atoms. The van der Waals surface area contributed by atoms with Crippen LogP contribution in [0.4, 0.5) is 0 Å². The fraction of sp³-hybridized carbons (Fsp3) is 0.562. The van der Waals surface area contributed by atoms with E-state index in [1.165, 1.54) is 0 Å². The quantitative estimate of drug-likeness (QED) is 0.895. The number of nitrogens with one attached hydrogen (secondary N) is 2. The molecule has 2 N–H and O–H groups in total. The molecule has 2 fully saturated rings. The summed E-state index contributed by atoms with van der Waals surface area (Å²) >= 11 is 6.10. The molecule has 2 unspecified atom stereocenters. The fourth-order valence-corrected chi connectivity index (χ4v) is 3.47. The molecule has 1 amide bonds. The standard InChI is InChI=1S/C16H22ClN3O/c17-14-3-1-2-13(9-14)15-11-19-6-7-20(15)16(21)8-12-4-5-18-10-12/h1-3,9,12,15,18-19H,4-8,10-11H2. The Hall–Kier alpha value is -1.10. The lowest BCUT2D eigenvalue weighted by Gasteiger charge is -2.37. The number of amides is 1. The Morgan fingerprint density at radius 1 is 1.29 bits per heavy atom. The normalized spacial score (nSPS) is 26.0. The van der Waals surface area contributed by atoms with Crippen LogP contribution >= 0.6 is 11.6 Å². The highest BCUT2D eigenvalue weighted by Crippen LogP contribution is 2.26. The van der Waals surface area contributed by atoms with Gasteiger partial charge in [0.1, 0.15) is 0 Å². The van der Waals surface area contributed by atoms with Gasteiger partial charge in [0.15, 0.2) is 0 Å². The van der Waals surface area contributed by atoms with Crippen LogP contribution in [0, 0.1) is 5.92 Å². The highest BCUT2D eigenvalue weighted by molar-refractivity contribution is 6.30. The molecule has 0 saturated carbocycles. The number of nitrogens with zero attached hydrogens (tertiary/aromatic N) is 1. The topological polar surface area (TPSA) is 44.4 Å². The molecule has 5 heteroatoms. The summed E-state index contributed by atoms with van der Waals surface area (Å²) in [6.07, 6.45) is 1.77. The molecule has 2 heterocycles. The maximum atomic E-state index is 12.7. The number of halogens is 1. The highest BCUT2D eigenvalue weighted by Gasteiger charge is 2.29. The first-order valence-corrected chi connectivity index (χ1v) is 8.08. The number of rotatable bonds is 3. The van der Waals surface area contributed by atoms with Crippen LogP contribution in [-0.4, -0.2) is 43.5 Å². The Morgan fingerprint density at radius 3 is 2.90 bits per heavy atom. The molecule has 0 spiro atoms. The van der Waals surface area contributed by atoms with Gasteiger partial charge in [-0.3, -0.25) is 4.79 Å². The Morgan fingerprint density at radius 2 is 2.14 bits per heavy atom. The maximum absolute atomic E-state index is 12.7. The van der Waals surface area contributed by atoms with Gasteiger partial charge in [0.05, 0.1) is 6.04 Å². The minimum absolute atomic E-state index is 0.0966. The van der Waals surface area contributed by atoms with Gasteiger partial charge in [-0.1, -0.05) is 23.7 Å². The summed E-state index contributed by atoms with van der Waals surface area (Å²) in [7, 11) is 0. The van der Waals surface area contributed by atoms with Gasteiger partial charge in [-0.25, -0.2) is 0 Å². The molecule has 2 aliphatic heterocycles. The van der Waals surface area contributed by atoms with E-state index in [1.807, 2.05) is 23.1 Å². The first kappa shape index (κ1) is 14.8. The van der Waals surface area contributed by atoms with Crippen molar-refractivity contribution in [1.29, 1.82) is 0 Å². The van der Waals surface area contributed by atoms with Crippen molar-refractivity contribution in [1.82, 2.24) is 15.5 Å². The van der Waals surface area contributed by atoms with Crippen molar-refractivity contribution >= 4 is 17.5 Å². The zero-order valence-electron chi connectivity index (χ0n) is 12.1. The van der Waals surface area contributed by atoms with Gasteiger partial charge in [0, 0.05) is 31.1 Å². The van der Waals surface area contributed by atoms with Crippen molar-refractivity contribution in [2.75, 3.05) is 32.7 Å². The summed E-state index contributed by atoms with van der Waals surface area (Å²) < 4.78 is 0. The third-order valence-electron chi connectivity index (χ3n) is 4.42. The van der Waals surface area contributed by atoms with E-state index in [-0.39, 0.29) is 11.9 Å². The lowest BCUT2D eigenvalue weighted by atomic mass is 9.99. The van der Waals surface area contributed by atoms with Crippen LogP contribution in [0.1, 0.15) is 24.4 Å². The summed E-state index contributed by atoms with van der Waals surface area (Å²) in [6.45, 7) is 4.45. The van der Waals surface area contributed by atoms with E-state index < -0.39 is 0 Å². The van der Waals surface area contributed by atoms with Gasteiger partial charge in [-0.2, -0.15) is 0 Å². The first-order valence-electron chi connectivity index (χ1n) is 7.70. The van der Waals surface area contributed by atoms with Crippen molar-refractivity contribution in [3.8, 4) is 0 Å². The maximum Gasteiger partial charge on any atom is 0.223 e. The minimum Gasteiger partial charge on any atom is -0.333 e. The minimum atomic E-state index is 0.0966. The van der Waals surface area contributed by atoms with Crippen LogP contribution in [0.5, 0.6) is 0 Å². The lowest BCUT2D eigenvalue weighted by Crippen LogP contribution is -2.49. The van der Waals surface area contributed by atoms with Crippen LogP contribution in [0.2, 0.25) is 5.02 Å². The molecule has 1 aromatic rings. The summed E-state index contributed by atoms with van der Waals surface area (Å²) in [6, 6.07) is 7.95. The highest BCUT2D eigenvalue weighted by atomic mass is 35.5. The van der Waals surface area contributed by atoms with Gasteiger partial charge in [0.2, 0.25) is 5.91 Å². The second-order valence-corrected chi connectivity index (χ2v) is 6.36. The van der Waals surface area contributed by atoms with Crippen molar-refractivity contribution < 1.29 is 4.79 Å². The van der Waals surface area contributed by atoms with Gasteiger partial charge >= 0.3 is 0 Å². The fourth-order valence-electron chi connectivity index (χ4n) is 3.27. The third kappa shape index (κ3) is 3.57. The Bertz CT molecular complexity index is 502. The molecule has 21 heavy (non-hydrogen) atoms. The summed E-state index contributed by atoms with van der Waals surface area (Å²) in [4.78, 5) is 14.7. The van der Waals surface area contributed by atoms with Crippen LogP contribution < -0.4 is 10.6 Å². The first-order chi connectivity index (χ1) is 10.2. The van der Waals surface area contributed by atoms with Crippen LogP contribution in [0.3, 0.4) is 0 Å². The number of carbonyl (C=O) groups excluding carboxylic acids is 1. The second kappa shape index (κ2) is 6.77. The SMILES string of the molecule is O=C(CC1CCNC1)N1CCNCC1c1cccc(Cl)c1. The van der Waals surface area contributed by atoms with Gasteiger partial charge in [-0.05, 0) is 43.1 Å². The molecule has 0 radical (unpaired) electrons. The molecular weight excluding hydrogens is 286 g/mol. The molecular formula is C16H22ClN3O. The lowest BCUT2D eigenvalue weighted by molar-refractivity contribution is -0.135. The number of hydrogen-bond donors (Lipinski definition) is 2. The summed E-state index contributed by atoms with van der Waals surface area (Å²) in [5.41, 5.74) is 1.12. The monoisotopic (exact) mass is 307 g/mol. The van der Waals surface area contributed by atoms with E-state index in [2.05, 4.69) is 16.7 Å². The van der Waals surface area contributed by atoms with Gasteiger partial charge < -0.3 is 15.5 Å². The average Bonchev–Trinajstić information content (AvgIpc) is 3.00. The Labute approximate surface area is 130 Å². The number of piperazine rings is 1. The van der Waals surface area contributed by atoms with Gasteiger partial charge in [-0.15, -0.1) is 0 Å². The van der Waals surface area contributed by atoms with E-state index >= 15 is 0 Å². The Kier molecular flexibility index (Phi) is 4.78. The number of hydrogen-bond acceptors (Lipinski definition) is 3. The largest absolute Gasteiger partial charge is 0.333 e. The molecule has 0 aromatic heterocycles. The van der Waals surface area contributed by atoms with Crippen molar-refractivity contribution in [3.05, 3.63) is 34.9 Å². The number of carbonyl (C=O) groups is 1. The van der Waals surface area contributed by atoms with Gasteiger partial charge in [0.25, 0.3) is 0 Å². The van der Waals surface area contributed by atoms with Crippen LogP contribution in [0.25, 0.3) is 0 Å². The predicted octanol–water partition coefficient (Wildman–Crippen LogP) is 1.81. The van der Waals surface area contributed by atoms with E-state index in [4.69, 9.17) is 11.6 Å². The summed E-state index contributed by atoms with van der Waals surface area (Å²) in [5.74, 6) is 0.766. The third-order valence-corrected chi connectivity index (χ3v) is 4.66. The van der Waals surface area contributed by atoms with Crippen molar-refractivity contribution in [2.45, 2.75) is 18.9 Å². The van der Waals surface area contributed by atoms with E-state index in [1.54, 1.807) is 0 Å². The molecule has 0 aliphatic carbocycles.